The summed E-state index contributed by atoms with van der Waals surface area (Å²) in [5, 5.41) is 0.836. The summed E-state index contributed by atoms with van der Waals surface area (Å²) in [4.78, 5) is 24.2. The monoisotopic (exact) mass is 408 g/mol. The smallest absolute Gasteiger partial charge is 0.336 e. The normalized spacial score (nSPS) is 12.6. The van der Waals surface area contributed by atoms with E-state index in [0.29, 0.717) is 29.1 Å². The molecule has 0 atom stereocenters. The third-order valence-corrected chi connectivity index (χ3v) is 5.50. The molecule has 4 rings (SSSR count). The lowest BCUT2D eigenvalue weighted by atomic mass is 10.0. The molecule has 1 aliphatic carbocycles. The molecule has 30 heavy (non-hydrogen) atoms. The van der Waals surface area contributed by atoms with Crippen LogP contribution in [0.3, 0.4) is 0 Å². The van der Waals surface area contributed by atoms with Crippen molar-refractivity contribution in [3.05, 3.63) is 69.1 Å². The number of carbonyl (C=O) groups excluding carboxylic acids is 1. The molecule has 1 aromatic heterocycles. The van der Waals surface area contributed by atoms with Crippen molar-refractivity contribution in [3.8, 4) is 11.5 Å². The molecule has 156 valence electrons. The molecule has 1 aliphatic rings. The van der Waals surface area contributed by atoms with Crippen molar-refractivity contribution in [3.63, 3.8) is 0 Å². The second kappa shape index (κ2) is 8.61. The first-order valence-corrected chi connectivity index (χ1v) is 10.0. The van der Waals surface area contributed by atoms with Crippen molar-refractivity contribution in [1.29, 1.82) is 0 Å². The summed E-state index contributed by atoms with van der Waals surface area (Å²) in [5.41, 5.74) is 4.25. The molecule has 0 unspecified atom stereocenters. The van der Waals surface area contributed by atoms with Gasteiger partial charge in [0, 0.05) is 23.4 Å². The van der Waals surface area contributed by atoms with Crippen LogP contribution in [0.5, 0.6) is 11.5 Å². The van der Waals surface area contributed by atoms with Crippen LogP contribution in [-0.2, 0) is 35.4 Å². The van der Waals surface area contributed by atoms with Crippen LogP contribution in [0.25, 0.3) is 11.0 Å². The van der Waals surface area contributed by atoms with Gasteiger partial charge >= 0.3 is 11.6 Å². The van der Waals surface area contributed by atoms with Crippen molar-refractivity contribution in [1.82, 2.24) is 0 Å². The summed E-state index contributed by atoms with van der Waals surface area (Å²) in [6.07, 6.45) is 3.88. The molecule has 3 aromatic rings. The number of esters is 1. The van der Waals surface area contributed by atoms with Gasteiger partial charge in [0.2, 0.25) is 0 Å². The minimum Gasteiger partial charge on any atom is -0.493 e. The fourth-order valence-corrected chi connectivity index (χ4v) is 3.93. The van der Waals surface area contributed by atoms with Gasteiger partial charge in [0.05, 0.1) is 14.2 Å². The molecule has 0 radical (unpaired) electrons. The highest BCUT2D eigenvalue weighted by Gasteiger charge is 2.16. The Bertz CT molecular complexity index is 1140. The molecule has 6 nitrogen and oxygen atoms in total. The van der Waals surface area contributed by atoms with Gasteiger partial charge < -0.3 is 18.6 Å². The number of carbonyl (C=O) groups is 1. The van der Waals surface area contributed by atoms with Crippen LogP contribution < -0.4 is 15.1 Å². The third-order valence-electron chi connectivity index (χ3n) is 5.50. The first kappa shape index (κ1) is 20.0. The first-order chi connectivity index (χ1) is 14.6. The molecule has 2 aromatic carbocycles. The molecule has 0 fully saturated rings. The summed E-state index contributed by atoms with van der Waals surface area (Å²) in [5.74, 6) is 0.941. The van der Waals surface area contributed by atoms with E-state index in [4.69, 9.17) is 18.6 Å². The quantitative estimate of drug-likeness (QED) is 0.435. The minimum absolute atomic E-state index is 0.0473. The van der Waals surface area contributed by atoms with Crippen molar-refractivity contribution in [2.75, 3.05) is 14.2 Å². The molecular formula is C24H24O6. The van der Waals surface area contributed by atoms with Crippen LogP contribution in [0.15, 0.2) is 45.6 Å². The average molecular weight is 408 g/mol. The molecule has 0 saturated heterocycles. The topological polar surface area (TPSA) is 75.0 Å². The maximum Gasteiger partial charge on any atom is 0.336 e. The molecular weight excluding hydrogens is 384 g/mol. The Morgan fingerprint density at radius 3 is 2.53 bits per heavy atom. The predicted molar refractivity (Wildman–Crippen MR) is 112 cm³/mol. The van der Waals surface area contributed by atoms with Crippen molar-refractivity contribution in [2.45, 2.75) is 38.7 Å². The first-order valence-electron chi connectivity index (χ1n) is 10.0. The number of aryl methyl sites for hydroxylation is 3. The van der Waals surface area contributed by atoms with E-state index in [-0.39, 0.29) is 19.0 Å². The Hall–Kier alpha value is -3.28. The number of hydrogen-bond acceptors (Lipinski definition) is 6. The van der Waals surface area contributed by atoms with E-state index in [1.165, 1.54) is 17.2 Å². The Kier molecular flexibility index (Phi) is 5.74. The summed E-state index contributed by atoms with van der Waals surface area (Å²) in [6, 6.07) is 11.0. The number of rotatable bonds is 7. The predicted octanol–water partition coefficient (Wildman–Crippen LogP) is 3.97. The number of methoxy groups -OCH3 is 2. The lowest BCUT2D eigenvalue weighted by molar-refractivity contribution is -0.144. The van der Waals surface area contributed by atoms with Gasteiger partial charge in [0.25, 0.3) is 0 Å². The highest BCUT2D eigenvalue weighted by molar-refractivity contribution is 5.82. The summed E-state index contributed by atoms with van der Waals surface area (Å²) < 4.78 is 21.3. The molecule has 0 amide bonds. The second-order valence-corrected chi connectivity index (χ2v) is 7.41. The zero-order valence-corrected chi connectivity index (χ0v) is 17.2. The summed E-state index contributed by atoms with van der Waals surface area (Å²) in [6.45, 7) is 0.0473. The van der Waals surface area contributed by atoms with Crippen LogP contribution in [0.4, 0.5) is 0 Å². The van der Waals surface area contributed by atoms with Gasteiger partial charge in [-0.25, -0.2) is 4.79 Å². The van der Waals surface area contributed by atoms with E-state index in [1.807, 2.05) is 24.3 Å². The Balaban J connectivity index is 1.43. The van der Waals surface area contributed by atoms with Gasteiger partial charge in [-0.1, -0.05) is 6.07 Å². The zero-order chi connectivity index (χ0) is 21.1. The van der Waals surface area contributed by atoms with Gasteiger partial charge in [0.15, 0.2) is 11.5 Å². The van der Waals surface area contributed by atoms with E-state index in [0.717, 1.165) is 30.2 Å². The number of hydrogen-bond donors (Lipinski definition) is 0. The highest BCUT2D eigenvalue weighted by atomic mass is 16.5. The van der Waals surface area contributed by atoms with E-state index in [1.54, 1.807) is 14.2 Å². The largest absolute Gasteiger partial charge is 0.493 e. The van der Waals surface area contributed by atoms with E-state index >= 15 is 0 Å². The lowest BCUT2D eigenvalue weighted by Crippen LogP contribution is -2.08. The number of ether oxygens (including phenoxy) is 3. The van der Waals surface area contributed by atoms with Crippen molar-refractivity contribution < 1.29 is 23.4 Å². The van der Waals surface area contributed by atoms with Crippen LogP contribution in [0.2, 0.25) is 0 Å². The van der Waals surface area contributed by atoms with Crippen LogP contribution >= 0.6 is 0 Å². The standard InChI is InChI=1S/C24H24O6/c1-27-20-8-6-15(10-22(20)28-2)7-9-23(25)29-14-18-13-24(26)30-21-12-17-5-3-4-16(17)11-19(18)21/h6,8,10-13H,3-5,7,9,14H2,1-2H3. The maximum absolute atomic E-state index is 12.3. The third kappa shape index (κ3) is 4.17. The van der Waals surface area contributed by atoms with E-state index < -0.39 is 5.63 Å². The Labute approximate surface area is 174 Å². The molecule has 6 heteroatoms. The van der Waals surface area contributed by atoms with Gasteiger partial charge in [-0.15, -0.1) is 0 Å². The Morgan fingerprint density at radius 2 is 1.77 bits per heavy atom. The zero-order valence-electron chi connectivity index (χ0n) is 17.2. The molecule has 0 spiro atoms. The molecule has 0 saturated carbocycles. The van der Waals surface area contributed by atoms with Gasteiger partial charge in [-0.3, -0.25) is 4.79 Å². The number of benzene rings is 2. The SMILES string of the molecule is COc1ccc(CCC(=O)OCc2cc(=O)oc3cc4c(cc23)CCC4)cc1OC. The van der Waals surface area contributed by atoms with Crippen LogP contribution in [0.1, 0.15) is 35.1 Å². The fraction of sp³-hybridized carbons (Fsp3) is 0.333. The van der Waals surface area contributed by atoms with Gasteiger partial charge in [0.1, 0.15) is 12.2 Å². The molecule has 0 N–H and O–H groups in total. The average Bonchev–Trinajstić information content (AvgIpc) is 3.21. The van der Waals surface area contributed by atoms with Crippen molar-refractivity contribution >= 4 is 16.9 Å². The lowest BCUT2D eigenvalue weighted by Gasteiger charge is -2.10. The summed E-state index contributed by atoms with van der Waals surface area (Å²) in [7, 11) is 3.16. The fourth-order valence-electron chi connectivity index (χ4n) is 3.93. The number of fused-ring (bicyclic) bond motifs is 2. The minimum atomic E-state index is -0.433. The van der Waals surface area contributed by atoms with Gasteiger partial charge in [-0.05, 0) is 66.6 Å². The highest BCUT2D eigenvalue weighted by Crippen LogP contribution is 2.29. The van der Waals surface area contributed by atoms with Gasteiger partial charge in [-0.2, -0.15) is 0 Å². The van der Waals surface area contributed by atoms with Crippen LogP contribution in [-0.4, -0.2) is 20.2 Å². The summed E-state index contributed by atoms with van der Waals surface area (Å²) >= 11 is 0. The molecule has 0 bridgehead atoms. The Morgan fingerprint density at radius 1 is 1.00 bits per heavy atom. The maximum atomic E-state index is 12.3. The van der Waals surface area contributed by atoms with E-state index in [2.05, 4.69) is 6.07 Å². The van der Waals surface area contributed by atoms with E-state index in [9.17, 15) is 9.59 Å². The van der Waals surface area contributed by atoms with Crippen LogP contribution in [0, 0.1) is 0 Å². The second-order valence-electron chi connectivity index (χ2n) is 7.41. The molecule has 1 heterocycles. The molecule has 0 aliphatic heterocycles. The van der Waals surface area contributed by atoms with Crippen molar-refractivity contribution in [2.24, 2.45) is 0 Å².